The van der Waals surface area contributed by atoms with Crippen LogP contribution < -0.4 is 0 Å². The van der Waals surface area contributed by atoms with Gasteiger partial charge in [0.25, 0.3) is 0 Å². The minimum absolute atomic E-state index is 0.460. The molecule has 0 aromatic rings. The van der Waals surface area contributed by atoms with E-state index < -0.39 is 0 Å². The summed E-state index contributed by atoms with van der Waals surface area (Å²) in [5, 5.41) is 0. The van der Waals surface area contributed by atoms with Crippen molar-refractivity contribution in [3.63, 3.8) is 0 Å². The zero-order chi connectivity index (χ0) is 9.78. The molecule has 1 heteroatoms. The van der Waals surface area contributed by atoms with Crippen LogP contribution in [0.4, 0.5) is 0 Å². The van der Waals surface area contributed by atoms with Crippen molar-refractivity contribution in [2.75, 3.05) is 13.1 Å². The summed E-state index contributed by atoms with van der Waals surface area (Å²) in [6.45, 7) is 16.1. The van der Waals surface area contributed by atoms with Crippen LogP contribution in [0, 0.1) is 5.41 Å². The predicted octanol–water partition coefficient (Wildman–Crippen LogP) is 3.15. The first-order valence-corrected chi connectivity index (χ1v) is 5.14. The van der Waals surface area contributed by atoms with E-state index in [4.69, 9.17) is 0 Å². The second-order valence-corrected chi connectivity index (χ2v) is 4.84. The standard InChI is InChI=1S/C11H25N/c1-7-12(8-2)10(3)9-11(4,5)6/h10H,7-9H2,1-6H3. The summed E-state index contributed by atoms with van der Waals surface area (Å²) in [7, 11) is 0. The molecule has 0 amide bonds. The topological polar surface area (TPSA) is 3.24 Å². The Bertz CT molecular complexity index is 109. The van der Waals surface area contributed by atoms with Crippen LogP contribution in [0.25, 0.3) is 0 Å². The molecule has 0 aromatic heterocycles. The highest BCUT2D eigenvalue weighted by Gasteiger charge is 2.18. The minimum Gasteiger partial charge on any atom is -0.301 e. The number of rotatable bonds is 4. The zero-order valence-electron chi connectivity index (χ0n) is 9.65. The summed E-state index contributed by atoms with van der Waals surface area (Å²) in [4.78, 5) is 2.52. The maximum Gasteiger partial charge on any atom is 0.00716 e. The van der Waals surface area contributed by atoms with Gasteiger partial charge >= 0.3 is 0 Å². The lowest BCUT2D eigenvalue weighted by molar-refractivity contribution is 0.175. The molecule has 1 unspecified atom stereocenters. The van der Waals surface area contributed by atoms with Gasteiger partial charge in [0.2, 0.25) is 0 Å². The molecule has 0 heterocycles. The molecule has 1 atom stereocenters. The Morgan fingerprint density at radius 2 is 1.50 bits per heavy atom. The zero-order valence-corrected chi connectivity index (χ0v) is 9.65. The molecular formula is C11H25N. The van der Waals surface area contributed by atoms with Crippen molar-refractivity contribution in [2.24, 2.45) is 5.41 Å². The average Bonchev–Trinajstić information content (AvgIpc) is 1.85. The van der Waals surface area contributed by atoms with Gasteiger partial charge in [-0.05, 0) is 31.8 Å². The highest BCUT2D eigenvalue weighted by Crippen LogP contribution is 2.22. The average molecular weight is 171 g/mol. The van der Waals surface area contributed by atoms with E-state index in [1.54, 1.807) is 0 Å². The molecule has 0 radical (unpaired) electrons. The van der Waals surface area contributed by atoms with Gasteiger partial charge in [0.05, 0.1) is 0 Å². The summed E-state index contributed by atoms with van der Waals surface area (Å²) in [6, 6.07) is 0.722. The largest absolute Gasteiger partial charge is 0.301 e. The van der Waals surface area contributed by atoms with Gasteiger partial charge in [-0.3, -0.25) is 0 Å². The maximum atomic E-state index is 2.52. The van der Waals surface area contributed by atoms with E-state index in [1.807, 2.05) is 0 Å². The van der Waals surface area contributed by atoms with Crippen molar-refractivity contribution in [3.05, 3.63) is 0 Å². The Kier molecular flexibility index (Phi) is 4.84. The van der Waals surface area contributed by atoms with Gasteiger partial charge in [0.1, 0.15) is 0 Å². The molecule has 0 bridgehead atoms. The van der Waals surface area contributed by atoms with E-state index in [9.17, 15) is 0 Å². The first-order valence-electron chi connectivity index (χ1n) is 5.14. The molecule has 0 saturated carbocycles. The summed E-state index contributed by atoms with van der Waals surface area (Å²) in [6.07, 6.45) is 1.29. The van der Waals surface area contributed by atoms with Gasteiger partial charge in [-0.15, -0.1) is 0 Å². The quantitative estimate of drug-likeness (QED) is 0.628. The number of nitrogens with zero attached hydrogens (tertiary/aromatic N) is 1. The molecule has 12 heavy (non-hydrogen) atoms. The fourth-order valence-electron chi connectivity index (χ4n) is 1.86. The maximum absolute atomic E-state index is 2.52. The third-order valence-corrected chi connectivity index (χ3v) is 2.34. The first kappa shape index (κ1) is 12.0. The highest BCUT2D eigenvalue weighted by molar-refractivity contribution is 4.72. The SMILES string of the molecule is CCN(CC)C(C)CC(C)(C)C. The van der Waals surface area contributed by atoms with Gasteiger partial charge in [-0.25, -0.2) is 0 Å². The van der Waals surface area contributed by atoms with Crippen LogP contribution in [0.2, 0.25) is 0 Å². The van der Waals surface area contributed by atoms with Crippen molar-refractivity contribution in [3.8, 4) is 0 Å². The van der Waals surface area contributed by atoms with Gasteiger partial charge in [-0.2, -0.15) is 0 Å². The van der Waals surface area contributed by atoms with Gasteiger partial charge < -0.3 is 4.90 Å². The molecule has 0 N–H and O–H groups in total. The number of hydrogen-bond donors (Lipinski definition) is 0. The lowest BCUT2D eigenvalue weighted by Gasteiger charge is -2.31. The molecule has 0 rings (SSSR count). The highest BCUT2D eigenvalue weighted by atomic mass is 15.1. The molecule has 1 nitrogen and oxygen atoms in total. The van der Waals surface area contributed by atoms with Crippen LogP contribution in [-0.2, 0) is 0 Å². The van der Waals surface area contributed by atoms with Crippen molar-refractivity contribution < 1.29 is 0 Å². The Labute approximate surface area is 78.1 Å². The van der Waals surface area contributed by atoms with Gasteiger partial charge in [0.15, 0.2) is 0 Å². The molecule has 74 valence electrons. The van der Waals surface area contributed by atoms with Crippen LogP contribution in [0.3, 0.4) is 0 Å². The van der Waals surface area contributed by atoms with Crippen molar-refractivity contribution >= 4 is 0 Å². The third-order valence-electron chi connectivity index (χ3n) is 2.34. The monoisotopic (exact) mass is 171 g/mol. The molecular weight excluding hydrogens is 146 g/mol. The number of hydrogen-bond acceptors (Lipinski definition) is 1. The van der Waals surface area contributed by atoms with Gasteiger partial charge in [-0.1, -0.05) is 34.6 Å². The van der Waals surface area contributed by atoms with Crippen LogP contribution in [0.15, 0.2) is 0 Å². The van der Waals surface area contributed by atoms with Crippen LogP contribution in [0.1, 0.15) is 48.0 Å². The smallest absolute Gasteiger partial charge is 0.00716 e. The Balaban J connectivity index is 3.92. The van der Waals surface area contributed by atoms with Crippen LogP contribution in [0.5, 0.6) is 0 Å². The summed E-state index contributed by atoms with van der Waals surface area (Å²) in [5.74, 6) is 0. The minimum atomic E-state index is 0.460. The van der Waals surface area contributed by atoms with E-state index >= 15 is 0 Å². The molecule has 0 aliphatic heterocycles. The lowest BCUT2D eigenvalue weighted by atomic mass is 9.88. The lowest BCUT2D eigenvalue weighted by Crippen LogP contribution is -2.35. The molecule has 0 saturated heterocycles. The molecule has 0 spiro atoms. The molecule has 0 aliphatic rings. The van der Waals surface area contributed by atoms with Crippen molar-refractivity contribution in [2.45, 2.75) is 54.0 Å². The van der Waals surface area contributed by atoms with Crippen LogP contribution in [-0.4, -0.2) is 24.0 Å². The van der Waals surface area contributed by atoms with E-state index in [1.165, 1.54) is 19.5 Å². The predicted molar refractivity (Wildman–Crippen MR) is 56.5 cm³/mol. The summed E-state index contributed by atoms with van der Waals surface area (Å²) in [5.41, 5.74) is 0.460. The fraction of sp³-hybridized carbons (Fsp3) is 1.00. The van der Waals surface area contributed by atoms with Crippen LogP contribution >= 0.6 is 0 Å². The second-order valence-electron chi connectivity index (χ2n) is 4.84. The summed E-state index contributed by atoms with van der Waals surface area (Å²) >= 11 is 0. The second kappa shape index (κ2) is 4.86. The Morgan fingerprint density at radius 1 is 1.08 bits per heavy atom. The molecule has 0 aromatic carbocycles. The molecule has 0 fully saturated rings. The third kappa shape index (κ3) is 4.76. The van der Waals surface area contributed by atoms with E-state index in [0.717, 1.165) is 6.04 Å². The van der Waals surface area contributed by atoms with E-state index in [2.05, 4.69) is 46.4 Å². The van der Waals surface area contributed by atoms with Crippen molar-refractivity contribution in [1.29, 1.82) is 0 Å². The summed E-state index contributed by atoms with van der Waals surface area (Å²) < 4.78 is 0. The molecule has 0 aliphatic carbocycles. The van der Waals surface area contributed by atoms with Crippen molar-refractivity contribution in [1.82, 2.24) is 4.90 Å². The van der Waals surface area contributed by atoms with E-state index in [0.29, 0.717) is 5.41 Å². The Morgan fingerprint density at radius 3 is 1.75 bits per heavy atom. The Hall–Kier alpha value is -0.0400. The van der Waals surface area contributed by atoms with E-state index in [-0.39, 0.29) is 0 Å². The van der Waals surface area contributed by atoms with Gasteiger partial charge in [0, 0.05) is 6.04 Å². The fourth-order valence-corrected chi connectivity index (χ4v) is 1.86. The first-order chi connectivity index (χ1) is 5.40. The normalized spacial score (nSPS) is 15.2.